The Balaban J connectivity index is 1.99. The molecular weight excluding hydrogens is 210 g/mol. The molecular formula is C10H11N3OS. The highest BCUT2D eigenvalue weighted by Crippen LogP contribution is 2.20. The standard InChI is InChI=1S/C10H11N3OS/c1-7-2-4-8(5-3-7)15-6-9-11-10(14)13-12-9/h2-5H,6H2,1H3,(H2,11,12,13,14). The number of benzene rings is 1. The summed E-state index contributed by atoms with van der Waals surface area (Å²) in [5, 5.41) is 6.17. The van der Waals surface area contributed by atoms with E-state index in [0.717, 1.165) is 0 Å². The number of aryl methyl sites for hydroxylation is 1. The van der Waals surface area contributed by atoms with Crippen molar-refractivity contribution in [2.45, 2.75) is 17.6 Å². The van der Waals surface area contributed by atoms with E-state index in [1.807, 2.05) is 0 Å². The quantitative estimate of drug-likeness (QED) is 0.775. The van der Waals surface area contributed by atoms with Crippen LogP contribution in [0, 0.1) is 6.92 Å². The van der Waals surface area contributed by atoms with Crippen molar-refractivity contribution in [2.24, 2.45) is 0 Å². The van der Waals surface area contributed by atoms with Gasteiger partial charge in [-0.05, 0) is 19.1 Å². The number of aromatic nitrogens is 3. The monoisotopic (exact) mass is 221 g/mol. The number of nitrogens with zero attached hydrogens (tertiary/aromatic N) is 1. The molecule has 4 nitrogen and oxygen atoms in total. The molecule has 0 fully saturated rings. The lowest BCUT2D eigenvalue weighted by molar-refractivity contribution is 1.01. The molecule has 2 N–H and O–H groups in total. The third-order valence-electron chi connectivity index (χ3n) is 1.95. The van der Waals surface area contributed by atoms with Crippen molar-refractivity contribution in [3.05, 3.63) is 46.1 Å². The predicted molar refractivity (Wildman–Crippen MR) is 59.9 cm³/mol. The summed E-state index contributed by atoms with van der Waals surface area (Å²) in [6.07, 6.45) is 0. The van der Waals surface area contributed by atoms with Gasteiger partial charge in [-0.3, -0.25) is 4.98 Å². The Morgan fingerprint density at radius 3 is 2.67 bits per heavy atom. The van der Waals surface area contributed by atoms with Crippen LogP contribution >= 0.6 is 11.8 Å². The van der Waals surface area contributed by atoms with Gasteiger partial charge in [0.25, 0.3) is 0 Å². The van der Waals surface area contributed by atoms with Crippen molar-refractivity contribution < 1.29 is 0 Å². The smallest absolute Gasteiger partial charge is 0.292 e. The van der Waals surface area contributed by atoms with Crippen LogP contribution in [0.15, 0.2) is 34.0 Å². The second kappa shape index (κ2) is 4.35. The van der Waals surface area contributed by atoms with E-state index >= 15 is 0 Å². The van der Waals surface area contributed by atoms with Gasteiger partial charge in [-0.25, -0.2) is 9.89 Å². The first kappa shape index (κ1) is 10.0. The average Bonchev–Trinajstić information content (AvgIpc) is 2.64. The molecule has 0 unspecified atom stereocenters. The fourth-order valence-electron chi connectivity index (χ4n) is 1.16. The second-order valence-corrected chi connectivity index (χ2v) is 4.27. The molecule has 0 radical (unpaired) electrons. The third-order valence-corrected chi connectivity index (χ3v) is 2.97. The van der Waals surface area contributed by atoms with Crippen LogP contribution in [-0.4, -0.2) is 15.2 Å². The van der Waals surface area contributed by atoms with E-state index in [1.54, 1.807) is 11.8 Å². The van der Waals surface area contributed by atoms with Crippen LogP contribution in [0.3, 0.4) is 0 Å². The SMILES string of the molecule is Cc1ccc(SCc2n[nH]c(=O)[nH]2)cc1. The molecule has 15 heavy (non-hydrogen) atoms. The number of H-pyrrole nitrogens is 2. The number of hydrogen-bond donors (Lipinski definition) is 2. The van der Waals surface area contributed by atoms with Crippen LogP contribution in [-0.2, 0) is 5.75 Å². The molecule has 1 aromatic heterocycles. The Labute approximate surface area is 91.1 Å². The first-order chi connectivity index (χ1) is 7.24. The van der Waals surface area contributed by atoms with Gasteiger partial charge in [-0.1, -0.05) is 17.7 Å². The van der Waals surface area contributed by atoms with Crippen LogP contribution < -0.4 is 5.69 Å². The van der Waals surface area contributed by atoms with Crippen molar-refractivity contribution in [1.29, 1.82) is 0 Å². The Hall–Kier alpha value is -1.49. The highest BCUT2D eigenvalue weighted by Gasteiger charge is 1.99. The fourth-order valence-corrected chi connectivity index (χ4v) is 1.93. The minimum atomic E-state index is -0.255. The van der Waals surface area contributed by atoms with E-state index in [9.17, 15) is 4.79 Å². The van der Waals surface area contributed by atoms with Crippen LogP contribution in [0.1, 0.15) is 11.4 Å². The largest absolute Gasteiger partial charge is 0.340 e. The van der Waals surface area contributed by atoms with Gasteiger partial charge in [0.1, 0.15) is 5.82 Å². The van der Waals surface area contributed by atoms with Crippen LogP contribution in [0.25, 0.3) is 0 Å². The normalized spacial score (nSPS) is 10.5. The zero-order chi connectivity index (χ0) is 10.7. The topological polar surface area (TPSA) is 61.5 Å². The van der Waals surface area contributed by atoms with Crippen molar-refractivity contribution in [3.8, 4) is 0 Å². The maximum absolute atomic E-state index is 10.8. The number of rotatable bonds is 3. The molecule has 0 spiro atoms. The zero-order valence-electron chi connectivity index (χ0n) is 8.28. The predicted octanol–water partition coefficient (Wildman–Crippen LogP) is 1.70. The summed E-state index contributed by atoms with van der Waals surface area (Å²) >= 11 is 1.64. The van der Waals surface area contributed by atoms with Gasteiger partial charge in [0, 0.05) is 4.90 Å². The van der Waals surface area contributed by atoms with Crippen molar-refractivity contribution in [2.75, 3.05) is 0 Å². The minimum Gasteiger partial charge on any atom is -0.292 e. The molecule has 0 saturated carbocycles. The molecule has 78 valence electrons. The molecule has 0 saturated heterocycles. The second-order valence-electron chi connectivity index (χ2n) is 3.23. The molecule has 0 aliphatic heterocycles. The van der Waals surface area contributed by atoms with Crippen molar-refractivity contribution in [3.63, 3.8) is 0 Å². The van der Waals surface area contributed by atoms with E-state index in [1.165, 1.54) is 10.5 Å². The van der Waals surface area contributed by atoms with Gasteiger partial charge in [0.2, 0.25) is 0 Å². The number of nitrogens with one attached hydrogen (secondary N) is 2. The molecule has 1 aromatic carbocycles. The molecule has 0 amide bonds. The summed E-state index contributed by atoms with van der Waals surface area (Å²) in [5.74, 6) is 1.34. The first-order valence-electron chi connectivity index (χ1n) is 4.57. The molecule has 0 bridgehead atoms. The highest BCUT2D eigenvalue weighted by molar-refractivity contribution is 7.98. The fraction of sp³-hybridized carbons (Fsp3) is 0.200. The summed E-state index contributed by atoms with van der Waals surface area (Å²) in [4.78, 5) is 14.5. The van der Waals surface area contributed by atoms with Crippen LogP contribution in [0.4, 0.5) is 0 Å². The van der Waals surface area contributed by atoms with Gasteiger partial charge in [-0.15, -0.1) is 11.8 Å². The van der Waals surface area contributed by atoms with Gasteiger partial charge < -0.3 is 0 Å². The molecule has 1 heterocycles. The molecule has 0 aliphatic rings. The van der Waals surface area contributed by atoms with Gasteiger partial charge in [0.05, 0.1) is 5.75 Å². The summed E-state index contributed by atoms with van der Waals surface area (Å²) in [6.45, 7) is 2.06. The van der Waals surface area contributed by atoms with E-state index in [-0.39, 0.29) is 5.69 Å². The number of hydrogen-bond acceptors (Lipinski definition) is 3. The maximum Gasteiger partial charge on any atom is 0.340 e. The lowest BCUT2D eigenvalue weighted by Crippen LogP contribution is -2.00. The third kappa shape index (κ3) is 2.73. The Kier molecular flexibility index (Phi) is 2.91. The average molecular weight is 221 g/mol. The summed E-state index contributed by atoms with van der Waals surface area (Å²) in [7, 11) is 0. The first-order valence-corrected chi connectivity index (χ1v) is 5.55. The summed E-state index contributed by atoms with van der Waals surface area (Å²) in [5.41, 5.74) is 0.988. The molecule has 0 atom stereocenters. The molecule has 2 aromatic rings. The van der Waals surface area contributed by atoms with Crippen LogP contribution in [0.5, 0.6) is 0 Å². The number of thioether (sulfide) groups is 1. The van der Waals surface area contributed by atoms with Gasteiger partial charge in [-0.2, -0.15) is 5.10 Å². The Morgan fingerprint density at radius 2 is 2.07 bits per heavy atom. The molecule has 2 rings (SSSR count). The van der Waals surface area contributed by atoms with Crippen molar-refractivity contribution in [1.82, 2.24) is 15.2 Å². The lowest BCUT2D eigenvalue weighted by atomic mass is 10.2. The van der Waals surface area contributed by atoms with E-state index < -0.39 is 0 Å². The van der Waals surface area contributed by atoms with Crippen LogP contribution in [0.2, 0.25) is 0 Å². The van der Waals surface area contributed by atoms with E-state index in [2.05, 4.69) is 46.4 Å². The molecule has 5 heteroatoms. The maximum atomic E-state index is 10.8. The molecule has 0 aliphatic carbocycles. The van der Waals surface area contributed by atoms with E-state index in [0.29, 0.717) is 11.6 Å². The summed E-state index contributed by atoms with van der Waals surface area (Å²) in [6, 6.07) is 8.25. The Bertz CT molecular complexity index is 486. The van der Waals surface area contributed by atoms with Gasteiger partial charge >= 0.3 is 5.69 Å². The van der Waals surface area contributed by atoms with E-state index in [4.69, 9.17) is 0 Å². The lowest BCUT2D eigenvalue weighted by Gasteiger charge is -1.99. The Morgan fingerprint density at radius 1 is 1.33 bits per heavy atom. The van der Waals surface area contributed by atoms with Crippen molar-refractivity contribution >= 4 is 11.8 Å². The highest BCUT2D eigenvalue weighted by atomic mass is 32.2. The minimum absolute atomic E-state index is 0.255. The summed E-state index contributed by atoms with van der Waals surface area (Å²) < 4.78 is 0. The van der Waals surface area contributed by atoms with Gasteiger partial charge in [0.15, 0.2) is 0 Å². The zero-order valence-corrected chi connectivity index (χ0v) is 9.10. The number of aromatic amines is 2.